The van der Waals surface area contributed by atoms with E-state index in [1.165, 1.54) is 38.4 Å². The lowest BCUT2D eigenvalue weighted by molar-refractivity contribution is 0.194. The van der Waals surface area contributed by atoms with Gasteiger partial charge in [0.05, 0.1) is 0 Å². The van der Waals surface area contributed by atoms with E-state index in [2.05, 4.69) is 18.7 Å². The second kappa shape index (κ2) is 4.83. The van der Waals surface area contributed by atoms with E-state index < -0.39 is 0 Å². The van der Waals surface area contributed by atoms with E-state index in [9.17, 15) is 0 Å². The molecule has 0 atom stereocenters. The van der Waals surface area contributed by atoms with E-state index in [0.29, 0.717) is 0 Å². The summed E-state index contributed by atoms with van der Waals surface area (Å²) in [4.78, 5) is 2.53. The predicted octanol–water partition coefficient (Wildman–Crippen LogP) is 1.27. The van der Waals surface area contributed by atoms with Gasteiger partial charge in [-0.25, -0.2) is 0 Å². The van der Waals surface area contributed by atoms with Gasteiger partial charge in [0, 0.05) is 6.54 Å². The van der Waals surface area contributed by atoms with Crippen molar-refractivity contribution < 1.29 is 0 Å². The van der Waals surface area contributed by atoms with Gasteiger partial charge in [-0.05, 0) is 44.3 Å². The number of rotatable bonds is 3. The Hall–Kier alpha value is -0.0800. The molecule has 0 aliphatic carbocycles. The summed E-state index contributed by atoms with van der Waals surface area (Å²) in [6.45, 7) is 8.95. The number of hydrogen-bond acceptors (Lipinski definition) is 2. The summed E-state index contributed by atoms with van der Waals surface area (Å²) in [7, 11) is 0. The van der Waals surface area contributed by atoms with E-state index in [-0.39, 0.29) is 0 Å². The minimum Gasteiger partial charge on any atom is -0.330 e. The summed E-state index contributed by atoms with van der Waals surface area (Å²) in [5, 5.41) is 0. The monoisotopic (exact) mass is 169 g/mol. The molecule has 1 aliphatic rings. The van der Waals surface area contributed by atoms with Crippen LogP contribution in [0.3, 0.4) is 0 Å². The molecule has 0 unspecified atom stereocenters. The standard InChI is InChI=1S/C10H21N2/c1-9(2)8-12-5-3-10(7-11)4-6-12/h10H,3-8,11H2,1-2H3. The van der Waals surface area contributed by atoms with Gasteiger partial charge in [0.25, 0.3) is 0 Å². The van der Waals surface area contributed by atoms with Crippen LogP contribution in [0.1, 0.15) is 26.7 Å². The fourth-order valence-electron chi connectivity index (χ4n) is 1.83. The second-order valence-electron chi connectivity index (χ2n) is 4.16. The highest BCUT2D eigenvalue weighted by Gasteiger charge is 2.17. The average Bonchev–Trinajstić information content (AvgIpc) is 2.05. The third-order valence-corrected chi connectivity index (χ3v) is 2.58. The van der Waals surface area contributed by atoms with Gasteiger partial charge in [-0.2, -0.15) is 0 Å². The second-order valence-corrected chi connectivity index (χ2v) is 4.16. The van der Waals surface area contributed by atoms with E-state index in [1.54, 1.807) is 0 Å². The maximum Gasteiger partial charge on any atom is 0.00383 e. The average molecular weight is 169 g/mol. The Morgan fingerprint density at radius 3 is 2.33 bits per heavy atom. The zero-order valence-corrected chi connectivity index (χ0v) is 8.34. The number of hydrogen-bond donors (Lipinski definition) is 1. The smallest absolute Gasteiger partial charge is 0.00383 e. The van der Waals surface area contributed by atoms with Crippen molar-refractivity contribution in [2.45, 2.75) is 26.7 Å². The van der Waals surface area contributed by atoms with Crippen LogP contribution in [-0.2, 0) is 0 Å². The van der Waals surface area contributed by atoms with Crippen molar-refractivity contribution in [1.82, 2.24) is 4.90 Å². The molecule has 0 aromatic heterocycles. The van der Waals surface area contributed by atoms with E-state index in [1.807, 2.05) is 0 Å². The summed E-state index contributed by atoms with van der Waals surface area (Å²) < 4.78 is 0. The van der Waals surface area contributed by atoms with Crippen LogP contribution in [0.5, 0.6) is 0 Å². The summed E-state index contributed by atoms with van der Waals surface area (Å²) in [6.07, 6.45) is 2.59. The third-order valence-electron chi connectivity index (χ3n) is 2.58. The molecule has 1 rings (SSSR count). The SMILES string of the molecule is C[C](C)CN1CCC(CN)CC1. The summed E-state index contributed by atoms with van der Waals surface area (Å²) in [6, 6.07) is 0. The van der Waals surface area contributed by atoms with E-state index in [0.717, 1.165) is 12.5 Å². The molecule has 1 saturated heterocycles. The van der Waals surface area contributed by atoms with Gasteiger partial charge in [0.15, 0.2) is 0 Å². The van der Waals surface area contributed by atoms with Crippen molar-refractivity contribution in [2.75, 3.05) is 26.2 Å². The van der Waals surface area contributed by atoms with Gasteiger partial charge in [-0.15, -0.1) is 0 Å². The van der Waals surface area contributed by atoms with Crippen molar-refractivity contribution in [3.63, 3.8) is 0 Å². The van der Waals surface area contributed by atoms with Crippen molar-refractivity contribution in [1.29, 1.82) is 0 Å². The van der Waals surface area contributed by atoms with Crippen LogP contribution in [-0.4, -0.2) is 31.1 Å². The van der Waals surface area contributed by atoms with Crippen LogP contribution >= 0.6 is 0 Å². The van der Waals surface area contributed by atoms with Gasteiger partial charge in [-0.1, -0.05) is 13.8 Å². The summed E-state index contributed by atoms with van der Waals surface area (Å²) >= 11 is 0. The highest BCUT2D eigenvalue weighted by atomic mass is 15.1. The molecule has 0 saturated carbocycles. The maximum atomic E-state index is 5.63. The van der Waals surface area contributed by atoms with Crippen LogP contribution in [0.15, 0.2) is 0 Å². The van der Waals surface area contributed by atoms with Crippen LogP contribution in [0, 0.1) is 11.8 Å². The van der Waals surface area contributed by atoms with E-state index in [4.69, 9.17) is 5.73 Å². The quantitative estimate of drug-likeness (QED) is 0.689. The molecule has 71 valence electrons. The van der Waals surface area contributed by atoms with E-state index >= 15 is 0 Å². The van der Waals surface area contributed by atoms with Crippen molar-refractivity contribution in [3.05, 3.63) is 5.92 Å². The molecule has 1 radical (unpaired) electrons. The van der Waals surface area contributed by atoms with Crippen molar-refractivity contribution in [3.8, 4) is 0 Å². The first-order chi connectivity index (χ1) is 5.72. The highest BCUT2D eigenvalue weighted by molar-refractivity contribution is 4.84. The van der Waals surface area contributed by atoms with Crippen molar-refractivity contribution in [2.24, 2.45) is 11.7 Å². The Labute approximate surface area is 76.1 Å². The van der Waals surface area contributed by atoms with Crippen LogP contribution in [0.2, 0.25) is 0 Å². The lowest BCUT2D eigenvalue weighted by Gasteiger charge is -2.32. The largest absolute Gasteiger partial charge is 0.330 e. The first-order valence-corrected chi connectivity index (χ1v) is 4.94. The Morgan fingerprint density at radius 1 is 1.33 bits per heavy atom. The molecule has 0 bridgehead atoms. The molecule has 0 aromatic rings. The molecule has 12 heavy (non-hydrogen) atoms. The number of piperidine rings is 1. The van der Waals surface area contributed by atoms with Crippen LogP contribution in [0.25, 0.3) is 0 Å². The molecular formula is C10H21N2. The summed E-state index contributed by atoms with van der Waals surface area (Å²) in [5.74, 6) is 2.31. The van der Waals surface area contributed by atoms with Gasteiger partial charge in [0.1, 0.15) is 0 Å². The molecule has 2 nitrogen and oxygen atoms in total. The fourth-order valence-corrected chi connectivity index (χ4v) is 1.83. The van der Waals surface area contributed by atoms with Gasteiger partial charge in [0.2, 0.25) is 0 Å². The number of nitrogens with two attached hydrogens (primary N) is 1. The Bertz CT molecular complexity index is 115. The molecule has 0 spiro atoms. The molecular weight excluding hydrogens is 148 g/mol. The first kappa shape index (κ1) is 10.0. The lowest BCUT2D eigenvalue weighted by Crippen LogP contribution is -2.37. The van der Waals surface area contributed by atoms with Gasteiger partial charge >= 0.3 is 0 Å². The lowest BCUT2D eigenvalue weighted by atomic mass is 9.96. The number of nitrogens with zero attached hydrogens (tertiary/aromatic N) is 1. The molecule has 0 aromatic carbocycles. The molecule has 1 heterocycles. The first-order valence-electron chi connectivity index (χ1n) is 4.94. The minimum absolute atomic E-state index is 0.790. The fraction of sp³-hybridized carbons (Fsp3) is 0.900. The van der Waals surface area contributed by atoms with Gasteiger partial charge in [-0.3, -0.25) is 0 Å². The Morgan fingerprint density at radius 2 is 1.92 bits per heavy atom. The van der Waals surface area contributed by atoms with Crippen LogP contribution in [0.4, 0.5) is 0 Å². The maximum absolute atomic E-state index is 5.63. The molecule has 1 fully saturated rings. The van der Waals surface area contributed by atoms with Crippen molar-refractivity contribution >= 4 is 0 Å². The zero-order valence-electron chi connectivity index (χ0n) is 8.34. The molecule has 2 N–H and O–H groups in total. The predicted molar refractivity (Wildman–Crippen MR) is 52.8 cm³/mol. The summed E-state index contributed by atoms with van der Waals surface area (Å²) in [5.41, 5.74) is 5.63. The zero-order chi connectivity index (χ0) is 8.97. The highest BCUT2D eigenvalue weighted by Crippen LogP contribution is 2.16. The third kappa shape index (κ3) is 3.11. The Balaban J connectivity index is 2.17. The minimum atomic E-state index is 0.790. The topological polar surface area (TPSA) is 29.3 Å². The normalized spacial score (nSPS) is 22.0. The van der Waals surface area contributed by atoms with Crippen LogP contribution < -0.4 is 5.73 Å². The Kier molecular flexibility index (Phi) is 4.02. The molecule has 2 heteroatoms. The molecule has 0 amide bonds. The molecule has 1 aliphatic heterocycles. The number of likely N-dealkylation sites (tertiary alicyclic amines) is 1. The van der Waals surface area contributed by atoms with Gasteiger partial charge < -0.3 is 10.6 Å².